The molecule has 196 valence electrons. The summed E-state index contributed by atoms with van der Waals surface area (Å²) in [4.78, 5) is 22.3. The van der Waals surface area contributed by atoms with Gasteiger partial charge in [0.25, 0.3) is 6.47 Å². The van der Waals surface area contributed by atoms with E-state index in [2.05, 4.69) is 17.9 Å². The van der Waals surface area contributed by atoms with Crippen molar-refractivity contribution in [3.63, 3.8) is 0 Å². The van der Waals surface area contributed by atoms with Crippen molar-refractivity contribution in [2.45, 2.75) is 51.8 Å². The van der Waals surface area contributed by atoms with Gasteiger partial charge in [0.05, 0.1) is 6.42 Å². The highest BCUT2D eigenvalue weighted by molar-refractivity contribution is 5.69. The number of hydrogen-bond donors (Lipinski definition) is 2. The number of ether oxygens (including phenoxy) is 1. The number of carbonyl (C=O) groups is 2. The summed E-state index contributed by atoms with van der Waals surface area (Å²) in [5.74, 6) is -2.26. The van der Waals surface area contributed by atoms with Gasteiger partial charge in [0.15, 0.2) is 0 Å². The molecule has 37 heavy (non-hydrogen) atoms. The van der Waals surface area contributed by atoms with Gasteiger partial charge in [-0.05, 0) is 47.7 Å². The molecule has 1 aliphatic rings. The molecule has 0 bridgehead atoms. The van der Waals surface area contributed by atoms with Gasteiger partial charge in [-0.25, -0.2) is 8.78 Å². The Kier molecular flexibility index (Phi) is 9.74. The largest absolute Gasteiger partial charge is 0.489 e. The Morgan fingerprint density at radius 1 is 1.16 bits per heavy atom. The lowest BCUT2D eigenvalue weighted by Gasteiger charge is -2.25. The normalized spacial score (nSPS) is 15.8. The zero-order valence-electron chi connectivity index (χ0n) is 20.9. The van der Waals surface area contributed by atoms with Gasteiger partial charge in [0.1, 0.15) is 23.5 Å². The lowest BCUT2D eigenvalue weighted by atomic mass is 9.86. The molecule has 1 aliphatic heterocycles. The number of hydrogen-bond acceptors (Lipinski definition) is 4. The van der Waals surface area contributed by atoms with Crippen LogP contribution >= 0.6 is 0 Å². The molecule has 3 aromatic rings. The molecule has 0 fully saturated rings. The summed E-state index contributed by atoms with van der Waals surface area (Å²) in [6.45, 7) is 6.03. The monoisotopic (exact) mass is 511 g/mol. The molecular weight excluding hydrogens is 480 g/mol. The van der Waals surface area contributed by atoms with E-state index in [0.717, 1.165) is 48.0 Å². The number of halogens is 2. The van der Waals surface area contributed by atoms with E-state index >= 15 is 0 Å². The summed E-state index contributed by atoms with van der Waals surface area (Å²) in [7, 11) is 0. The molecule has 1 heterocycles. The van der Waals surface area contributed by atoms with Gasteiger partial charge in [0, 0.05) is 37.2 Å². The Balaban J connectivity index is 0.00000121. The second kappa shape index (κ2) is 13.0. The number of para-hydroxylation sites is 1. The lowest BCUT2D eigenvalue weighted by molar-refractivity contribution is -0.137. The molecule has 0 saturated heterocycles. The molecule has 0 aliphatic carbocycles. The predicted molar refractivity (Wildman–Crippen MR) is 136 cm³/mol. The van der Waals surface area contributed by atoms with Crippen molar-refractivity contribution in [3.8, 4) is 5.75 Å². The van der Waals surface area contributed by atoms with Crippen LogP contribution in [0.3, 0.4) is 0 Å². The van der Waals surface area contributed by atoms with E-state index < -0.39 is 23.5 Å². The zero-order chi connectivity index (χ0) is 26.9. The Labute approximate surface area is 215 Å². The van der Waals surface area contributed by atoms with E-state index in [1.165, 1.54) is 12.1 Å². The maximum Gasteiger partial charge on any atom is 0.304 e. The predicted octanol–water partition coefficient (Wildman–Crippen LogP) is 5.75. The van der Waals surface area contributed by atoms with Gasteiger partial charge in [-0.3, -0.25) is 14.5 Å². The van der Waals surface area contributed by atoms with Gasteiger partial charge in [0.2, 0.25) is 0 Å². The van der Waals surface area contributed by atoms with E-state index in [4.69, 9.17) is 14.6 Å². The first-order valence-electron chi connectivity index (χ1n) is 12.1. The fourth-order valence-corrected chi connectivity index (χ4v) is 4.58. The van der Waals surface area contributed by atoms with Crippen molar-refractivity contribution >= 4 is 12.4 Å². The number of fused-ring (bicyclic) bond motifs is 1. The highest BCUT2D eigenvalue weighted by Gasteiger charge is 2.25. The molecule has 4 rings (SSSR count). The fraction of sp³-hybridized carbons (Fsp3) is 0.310. The molecule has 2 atom stereocenters. The Morgan fingerprint density at radius 2 is 1.89 bits per heavy atom. The summed E-state index contributed by atoms with van der Waals surface area (Å²) in [6, 6.07) is 17.1. The van der Waals surface area contributed by atoms with Gasteiger partial charge >= 0.3 is 5.97 Å². The molecule has 8 heteroatoms. The summed E-state index contributed by atoms with van der Waals surface area (Å²) < 4.78 is 34.3. The summed E-state index contributed by atoms with van der Waals surface area (Å²) >= 11 is 0. The second-order valence-corrected chi connectivity index (χ2v) is 9.03. The average molecular weight is 512 g/mol. The molecular formula is C29H31F2NO5. The second-order valence-electron chi connectivity index (χ2n) is 9.03. The minimum atomic E-state index is -1.04. The van der Waals surface area contributed by atoms with Crippen LogP contribution in [-0.2, 0) is 22.7 Å². The smallest absolute Gasteiger partial charge is 0.304 e. The van der Waals surface area contributed by atoms with E-state index in [1.807, 2.05) is 43.3 Å². The topological polar surface area (TPSA) is 87.1 Å². The molecule has 0 amide bonds. The zero-order valence-corrected chi connectivity index (χ0v) is 20.9. The number of carboxylic acids is 1. The van der Waals surface area contributed by atoms with Crippen molar-refractivity contribution < 1.29 is 33.3 Å². The number of rotatable bonds is 7. The third kappa shape index (κ3) is 7.36. The Morgan fingerprint density at radius 3 is 2.57 bits per heavy atom. The number of nitrogens with zero attached hydrogens (tertiary/aromatic N) is 1. The van der Waals surface area contributed by atoms with Crippen LogP contribution < -0.4 is 4.74 Å². The van der Waals surface area contributed by atoms with Crippen LogP contribution in [0.5, 0.6) is 5.75 Å². The molecule has 6 nitrogen and oxygen atoms in total. The summed E-state index contributed by atoms with van der Waals surface area (Å²) in [5.41, 5.74) is 4.13. The first-order valence-corrected chi connectivity index (χ1v) is 12.1. The van der Waals surface area contributed by atoms with Gasteiger partial charge in [-0.2, -0.15) is 0 Å². The van der Waals surface area contributed by atoms with Crippen LogP contribution in [0.1, 0.15) is 53.5 Å². The van der Waals surface area contributed by atoms with Crippen molar-refractivity contribution in [2.24, 2.45) is 0 Å². The Hall–Kier alpha value is -3.78. The van der Waals surface area contributed by atoms with Gasteiger partial charge < -0.3 is 14.9 Å². The first-order chi connectivity index (χ1) is 17.7. The lowest BCUT2D eigenvalue weighted by Crippen LogP contribution is -2.32. The molecule has 2 N–H and O–H groups in total. The molecule has 1 unspecified atom stereocenters. The maximum atomic E-state index is 14.6. The van der Waals surface area contributed by atoms with E-state index in [0.29, 0.717) is 12.1 Å². The molecule has 0 saturated carbocycles. The van der Waals surface area contributed by atoms with E-state index in [9.17, 15) is 18.7 Å². The number of aryl methyl sites for hydroxylation is 1. The van der Waals surface area contributed by atoms with Crippen molar-refractivity contribution in [1.82, 2.24) is 4.90 Å². The van der Waals surface area contributed by atoms with Crippen molar-refractivity contribution in [1.29, 1.82) is 0 Å². The van der Waals surface area contributed by atoms with Crippen LogP contribution in [0.2, 0.25) is 0 Å². The van der Waals surface area contributed by atoms with Gasteiger partial charge in [-0.15, -0.1) is 0 Å². The number of benzene rings is 3. The van der Waals surface area contributed by atoms with Gasteiger partial charge in [-0.1, -0.05) is 49.4 Å². The minimum Gasteiger partial charge on any atom is -0.489 e. The third-order valence-electron chi connectivity index (χ3n) is 6.46. The number of carboxylic acid groups (broad SMARTS) is 2. The highest BCUT2D eigenvalue weighted by Crippen LogP contribution is 2.33. The van der Waals surface area contributed by atoms with E-state index in [-0.39, 0.29) is 24.6 Å². The fourth-order valence-electron chi connectivity index (χ4n) is 4.58. The quantitative estimate of drug-likeness (QED) is 0.393. The first kappa shape index (κ1) is 27.8. The molecule has 0 aromatic heterocycles. The molecule has 3 aromatic carbocycles. The van der Waals surface area contributed by atoms with Crippen molar-refractivity contribution in [2.75, 3.05) is 6.54 Å². The molecule has 0 radical (unpaired) electrons. The van der Waals surface area contributed by atoms with Crippen LogP contribution in [0.15, 0.2) is 60.7 Å². The Bertz CT molecular complexity index is 1230. The van der Waals surface area contributed by atoms with Crippen LogP contribution in [0, 0.1) is 18.6 Å². The van der Waals surface area contributed by atoms with Crippen molar-refractivity contribution in [3.05, 3.63) is 100 Å². The standard InChI is InChI=1S/C28H29F2NO3.CH2O2/c1-3-23-17-31(15-20-6-4-5-7-27(20)34-23)16-21-12-19(9-8-18(21)2)25(14-28(32)33)24-11-10-22(29)13-26(24)30;2-1-3/h4-13,23,25H,3,14-17H2,1-2H3,(H,32,33);1H,(H,2,3)/t23-,25?;/m1./s1. The highest BCUT2D eigenvalue weighted by atomic mass is 19.1. The van der Waals surface area contributed by atoms with Crippen LogP contribution in [-0.4, -0.2) is 40.2 Å². The average Bonchev–Trinajstić information content (AvgIpc) is 3.03. The summed E-state index contributed by atoms with van der Waals surface area (Å²) in [6.07, 6.45) is 0.669. The SMILES string of the molecule is CC[C@@H]1CN(Cc2cc(C(CC(=O)O)c3ccc(F)cc3F)ccc2C)Cc2ccccc2O1.O=CO. The minimum absolute atomic E-state index is 0.0696. The number of aliphatic carboxylic acids is 1. The summed E-state index contributed by atoms with van der Waals surface area (Å²) in [5, 5.41) is 16.4. The van der Waals surface area contributed by atoms with Crippen LogP contribution in [0.25, 0.3) is 0 Å². The molecule has 0 spiro atoms. The maximum absolute atomic E-state index is 14.6. The van der Waals surface area contributed by atoms with Crippen LogP contribution in [0.4, 0.5) is 8.78 Å². The third-order valence-corrected chi connectivity index (χ3v) is 6.46. The van der Waals surface area contributed by atoms with E-state index in [1.54, 1.807) is 0 Å².